The zero-order valence-corrected chi connectivity index (χ0v) is 15.9. The van der Waals surface area contributed by atoms with E-state index < -0.39 is 0 Å². The van der Waals surface area contributed by atoms with Gasteiger partial charge in [-0.15, -0.1) is 0 Å². The fourth-order valence-corrected chi connectivity index (χ4v) is 3.32. The summed E-state index contributed by atoms with van der Waals surface area (Å²) in [6.07, 6.45) is 4.20. The number of rotatable bonds is 5. The molecule has 1 aliphatic heterocycles. The zero-order chi connectivity index (χ0) is 19.4. The average molecular weight is 361 g/mol. The van der Waals surface area contributed by atoms with Crippen molar-refractivity contribution in [2.45, 2.75) is 32.2 Å². The molecule has 0 bridgehead atoms. The van der Waals surface area contributed by atoms with Gasteiger partial charge in [0.15, 0.2) is 5.78 Å². The molecule has 0 atom stereocenters. The highest BCUT2D eigenvalue weighted by Crippen LogP contribution is 2.29. The topological polar surface area (TPSA) is 55.7 Å². The first-order valence-electron chi connectivity index (χ1n) is 8.94. The Morgan fingerprint density at radius 1 is 1.15 bits per heavy atom. The van der Waals surface area contributed by atoms with Gasteiger partial charge in [0.1, 0.15) is 0 Å². The van der Waals surface area contributed by atoms with Gasteiger partial charge in [0.25, 0.3) is 0 Å². The van der Waals surface area contributed by atoms with Crippen molar-refractivity contribution in [3.8, 4) is 0 Å². The van der Waals surface area contributed by atoms with Crippen molar-refractivity contribution in [2.24, 2.45) is 4.99 Å². The lowest BCUT2D eigenvalue weighted by atomic mass is 9.84. The Kier molecular flexibility index (Phi) is 5.36. The number of ketones is 1. The lowest BCUT2D eigenvalue weighted by Crippen LogP contribution is -2.30. The molecule has 3 rings (SSSR count). The van der Waals surface area contributed by atoms with Gasteiger partial charge >= 0.3 is 5.97 Å². The monoisotopic (exact) mass is 361 g/mol. The van der Waals surface area contributed by atoms with Crippen LogP contribution in [0.2, 0.25) is 0 Å². The molecule has 1 aliphatic rings. The predicted molar refractivity (Wildman–Crippen MR) is 107 cm³/mol. The van der Waals surface area contributed by atoms with Crippen LogP contribution in [0.4, 0.5) is 0 Å². The van der Waals surface area contributed by atoms with E-state index in [1.807, 2.05) is 42.5 Å². The maximum Gasteiger partial charge on any atom is 0.330 e. The van der Waals surface area contributed by atoms with E-state index in [0.717, 1.165) is 28.8 Å². The van der Waals surface area contributed by atoms with Crippen LogP contribution in [0.3, 0.4) is 0 Å². The van der Waals surface area contributed by atoms with Gasteiger partial charge in [0, 0.05) is 11.6 Å². The second-order valence-corrected chi connectivity index (χ2v) is 7.29. The average Bonchev–Trinajstić information content (AvgIpc) is 2.65. The van der Waals surface area contributed by atoms with E-state index in [2.05, 4.69) is 24.7 Å². The van der Waals surface area contributed by atoms with Crippen LogP contribution in [0.1, 0.15) is 47.3 Å². The molecule has 0 spiro atoms. The summed E-state index contributed by atoms with van der Waals surface area (Å²) in [6.45, 7) is 4.14. The maximum atomic E-state index is 12.7. The normalized spacial score (nSPS) is 15.1. The van der Waals surface area contributed by atoms with Crippen molar-refractivity contribution < 1.29 is 14.3 Å². The molecule has 1 heterocycles. The first-order chi connectivity index (χ1) is 12.9. The summed E-state index contributed by atoms with van der Waals surface area (Å²) in [4.78, 5) is 28.8. The molecule has 2 aromatic carbocycles. The molecule has 4 nitrogen and oxygen atoms in total. The Hall–Kier alpha value is -3.01. The summed E-state index contributed by atoms with van der Waals surface area (Å²) < 4.78 is 4.64. The molecule has 0 radical (unpaired) electrons. The molecule has 4 heteroatoms. The maximum absolute atomic E-state index is 12.7. The van der Waals surface area contributed by atoms with Gasteiger partial charge in [-0.05, 0) is 43.0 Å². The van der Waals surface area contributed by atoms with Gasteiger partial charge in [0.05, 0.1) is 24.8 Å². The van der Waals surface area contributed by atoms with E-state index in [9.17, 15) is 9.59 Å². The molecule has 0 aliphatic carbocycles. The molecule has 0 unspecified atom stereocenters. The minimum atomic E-state index is -0.385. The van der Waals surface area contributed by atoms with Crippen molar-refractivity contribution >= 4 is 23.5 Å². The van der Waals surface area contributed by atoms with Crippen LogP contribution in [-0.2, 0) is 16.0 Å². The number of carbonyl (C=O) groups excluding carboxylic acids is 2. The SMILES string of the molecule is COC(=O)C=Cc1ccc2c(c1)CC(C)(C)N=C2CC(=O)c1ccccc1. The molecule has 0 N–H and O–H groups in total. The number of hydrogen-bond acceptors (Lipinski definition) is 4. The number of esters is 1. The standard InChI is InChI=1S/C23H23NO3/c1-23(2)15-18-13-16(10-12-22(26)27-3)9-11-19(18)20(24-23)14-21(25)17-7-5-4-6-8-17/h4-13H,14-15H2,1-3H3. The Morgan fingerprint density at radius 2 is 1.89 bits per heavy atom. The summed E-state index contributed by atoms with van der Waals surface area (Å²) in [6, 6.07) is 15.3. The summed E-state index contributed by atoms with van der Waals surface area (Å²) in [5.41, 5.74) is 4.31. The van der Waals surface area contributed by atoms with Crippen LogP contribution >= 0.6 is 0 Å². The van der Waals surface area contributed by atoms with Gasteiger partial charge in [-0.3, -0.25) is 9.79 Å². The molecule has 0 saturated carbocycles. The van der Waals surface area contributed by atoms with E-state index in [1.165, 1.54) is 13.2 Å². The Labute approximate surface area is 159 Å². The van der Waals surface area contributed by atoms with E-state index in [-0.39, 0.29) is 23.7 Å². The predicted octanol–water partition coefficient (Wildman–Crippen LogP) is 4.27. The number of Topliss-reactive ketones (excluding diaryl/α,β-unsaturated/α-hetero) is 1. The summed E-state index contributed by atoms with van der Waals surface area (Å²) >= 11 is 0. The van der Waals surface area contributed by atoms with Gasteiger partial charge in [-0.25, -0.2) is 4.79 Å². The number of nitrogens with zero attached hydrogens (tertiary/aromatic N) is 1. The van der Waals surface area contributed by atoms with Gasteiger partial charge in [-0.1, -0.05) is 48.5 Å². The highest BCUT2D eigenvalue weighted by molar-refractivity contribution is 6.16. The lowest BCUT2D eigenvalue weighted by Gasteiger charge is -2.29. The van der Waals surface area contributed by atoms with Crippen LogP contribution in [0.25, 0.3) is 6.08 Å². The van der Waals surface area contributed by atoms with Gasteiger partial charge in [0.2, 0.25) is 0 Å². The van der Waals surface area contributed by atoms with E-state index in [1.54, 1.807) is 6.08 Å². The number of fused-ring (bicyclic) bond motifs is 1. The molecule has 27 heavy (non-hydrogen) atoms. The van der Waals surface area contributed by atoms with E-state index in [4.69, 9.17) is 4.99 Å². The smallest absolute Gasteiger partial charge is 0.330 e. The van der Waals surface area contributed by atoms with Crippen LogP contribution < -0.4 is 0 Å². The number of methoxy groups -OCH3 is 1. The molecule has 0 amide bonds. The number of hydrogen-bond donors (Lipinski definition) is 0. The Bertz CT molecular complexity index is 924. The van der Waals surface area contributed by atoms with Gasteiger partial charge < -0.3 is 4.74 Å². The third kappa shape index (κ3) is 4.59. The number of ether oxygens (including phenoxy) is 1. The van der Waals surface area contributed by atoms with Crippen molar-refractivity contribution in [1.29, 1.82) is 0 Å². The summed E-state index contributed by atoms with van der Waals surface area (Å²) in [7, 11) is 1.36. The van der Waals surface area contributed by atoms with Crippen LogP contribution in [0.15, 0.2) is 59.6 Å². The largest absolute Gasteiger partial charge is 0.466 e. The highest BCUT2D eigenvalue weighted by Gasteiger charge is 2.27. The fraction of sp³-hybridized carbons (Fsp3) is 0.261. The lowest BCUT2D eigenvalue weighted by molar-refractivity contribution is -0.134. The van der Waals surface area contributed by atoms with Crippen molar-refractivity contribution in [3.63, 3.8) is 0 Å². The molecule has 0 saturated heterocycles. The quantitative estimate of drug-likeness (QED) is 0.454. The first-order valence-corrected chi connectivity index (χ1v) is 8.94. The Balaban J connectivity index is 1.90. The van der Waals surface area contributed by atoms with Crippen molar-refractivity contribution in [1.82, 2.24) is 0 Å². The summed E-state index contributed by atoms with van der Waals surface area (Å²) in [5, 5.41) is 0. The van der Waals surface area contributed by atoms with E-state index >= 15 is 0 Å². The molecule has 2 aromatic rings. The minimum Gasteiger partial charge on any atom is -0.466 e. The second kappa shape index (κ2) is 7.70. The van der Waals surface area contributed by atoms with Crippen molar-refractivity contribution in [2.75, 3.05) is 7.11 Å². The molecular formula is C23H23NO3. The molecule has 0 fully saturated rings. The van der Waals surface area contributed by atoms with E-state index in [0.29, 0.717) is 5.56 Å². The number of aliphatic imine (C=N–C) groups is 1. The van der Waals surface area contributed by atoms with Crippen LogP contribution in [0, 0.1) is 0 Å². The van der Waals surface area contributed by atoms with Crippen molar-refractivity contribution in [3.05, 3.63) is 76.9 Å². The molecule has 0 aromatic heterocycles. The first kappa shape index (κ1) is 18.8. The Morgan fingerprint density at radius 3 is 2.59 bits per heavy atom. The molecular weight excluding hydrogens is 338 g/mol. The highest BCUT2D eigenvalue weighted by atomic mass is 16.5. The van der Waals surface area contributed by atoms with Crippen LogP contribution in [0.5, 0.6) is 0 Å². The van der Waals surface area contributed by atoms with Crippen LogP contribution in [-0.4, -0.2) is 30.1 Å². The number of benzene rings is 2. The molecule has 138 valence electrons. The third-order valence-corrected chi connectivity index (χ3v) is 4.54. The second-order valence-electron chi connectivity index (χ2n) is 7.29. The third-order valence-electron chi connectivity index (χ3n) is 4.54. The number of carbonyl (C=O) groups is 2. The zero-order valence-electron chi connectivity index (χ0n) is 15.9. The minimum absolute atomic E-state index is 0.0627. The summed E-state index contributed by atoms with van der Waals surface area (Å²) in [5.74, 6) is -0.323. The fourth-order valence-electron chi connectivity index (χ4n) is 3.32. The van der Waals surface area contributed by atoms with Gasteiger partial charge in [-0.2, -0.15) is 0 Å².